The molecule has 0 unspecified atom stereocenters. The van der Waals surface area contributed by atoms with Crippen LogP contribution in [-0.4, -0.2) is 63.9 Å². The third-order valence-electron chi connectivity index (χ3n) is 4.75. The van der Waals surface area contributed by atoms with Crippen LogP contribution in [0.2, 0.25) is 0 Å². The minimum atomic E-state index is 0. The lowest BCUT2D eigenvalue weighted by Gasteiger charge is -2.30. The summed E-state index contributed by atoms with van der Waals surface area (Å²) in [7, 11) is 4.85. The van der Waals surface area contributed by atoms with Gasteiger partial charge in [0, 0.05) is 37.3 Å². The van der Waals surface area contributed by atoms with Crippen LogP contribution in [0.25, 0.3) is 0 Å². The molecule has 0 atom stereocenters. The van der Waals surface area contributed by atoms with E-state index >= 15 is 0 Å². The van der Waals surface area contributed by atoms with Gasteiger partial charge in [0.15, 0.2) is 17.5 Å². The molecule has 2 N–H and O–H groups in total. The molecular weight excluding hydrogens is 495 g/mol. The molecule has 0 aliphatic heterocycles. The van der Waals surface area contributed by atoms with Gasteiger partial charge in [-0.15, -0.1) is 24.0 Å². The van der Waals surface area contributed by atoms with Crippen LogP contribution in [0, 0.1) is 0 Å². The van der Waals surface area contributed by atoms with E-state index in [1.807, 2.05) is 12.1 Å². The predicted octanol–water partition coefficient (Wildman–Crippen LogP) is 3.89. The number of aliphatic imine (C=N–C) groups is 1. The van der Waals surface area contributed by atoms with Crippen molar-refractivity contribution in [3.8, 4) is 17.2 Å². The maximum atomic E-state index is 5.55. The van der Waals surface area contributed by atoms with Crippen molar-refractivity contribution in [3.63, 3.8) is 0 Å². The fourth-order valence-electron chi connectivity index (χ4n) is 3.37. The van der Waals surface area contributed by atoms with Gasteiger partial charge in [0.05, 0.1) is 27.9 Å². The second-order valence-electron chi connectivity index (χ2n) is 7.39. The molecule has 0 fully saturated rings. The first-order valence-corrected chi connectivity index (χ1v) is 10.4. The smallest absolute Gasteiger partial charge is 0.203 e. The summed E-state index contributed by atoms with van der Waals surface area (Å²) >= 11 is 0. The molecule has 1 aromatic carbocycles. The summed E-state index contributed by atoms with van der Waals surface area (Å²) in [6.45, 7) is 14.3. The number of guanidine groups is 1. The Kier molecular flexibility index (Phi) is 14.7. The molecule has 0 saturated heterocycles. The van der Waals surface area contributed by atoms with E-state index in [-0.39, 0.29) is 24.0 Å². The van der Waals surface area contributed by atoms with Crippen molar-refractivity contribution in [3.05, 3.63) is 17.7 Å². The summed E-state index contributed by atoms with van der Waals surface area (Å²) in [5, 5.41) is 6.73. The van der Waals surface area contributed by atoms with Crippen LogP contribution >= 0.6 is 24.0 Å². The first kappa shape index (κ1) is 28.6. The lowest BCUT2D eigenvalue weighted by Crippen LogP contribution is -2.41. The molecule has 174 valence electrons. The maximum Gasteiger partial charge on any atom is 0.203 e. The van der Waals surface area contributed by atoms with Gasteiger partial charge in [0.2, 0.25) is 5.75 Å². The van der Waals surface area contributed by atoms with Gasteiger partial charge in [-0.1, -0.05) is 0 Å². The van der Waals surface area contributed by atoms with Crippen LogP contribution in [0.1, 0.15) is 46.6 Å². The highest BCUT2D eigenvalue weighted by Crippen LogP contribution is 2.39. The molecule has 30 heavy (non-hydrogen) atoms. The molecule has 8 heteroatoms. The van der Waals surface area contributed by atoms with Gasteiger partial charge in [0.25, 0.3) is 0 Å². The van der Waals surface area contributed by atoms with E-state index in [1.54, 1.807) is 21.3 Å². The van der Waals surface area contributed by atoms with Crippen molar-refractivity contribution in [1.29, 1.82) is 0 Å². The van der Waals surface area contributed by atoms with Crippen LogP contribution in [-0.2, 0) is 6.54 Å². The molecule has 0 aliphatic carbocycles. The lowest BCUT2D eigenvalue weighted by atomic mass is 10.1. The number of nitrogens with one attached hydrogen (secondary N) is 2. The third-order valence-corrected chi connectivity index (χ3v) is 4.75. The summed E-state index contributed by atoms with van der Waals surface area (Å²) in [6, 6.07) is 4.93. The predicted molar refractivity (Wildman–Crippen MR) is 136 cm³/mol. The van der Waals surface area contributed by atoms with Crippen LogP contribution in [0.15, 0.2) is 17.1 Å². The average molecular weight is 536 g/mol. The molecule has 0 aliphatic rings. The Morgan fingerprint density at radius 1 is 0.967 bits per heavy atom. The van der Waals surface area contributed by atoms with Crippen molar-refractivity contribution >= 4 is 29.9 Å². The third kappa shape index (κ3) is 8.75. The fourth-order valence-corrected chi connectivity index (χ4v) is 3.37. The number of ether oxygens (including phenoxy) is 3. The van der Waals surface area contributed by atoms with E-state index < -0.39 is 0 Å². The molecule has 0 heterocycles. The molecule has 0 bridgehead atoms. The van der Waals surface area contributed by atoms with Gasteiger partial charge in [-0.25, -0.2) is 4.99 Å². The SMILES string of the molecule is CCNC(=NCc1ccc(OC)c(OC)c1OC)NCCCN(C(C)C)C(C)C.I. The number of methoxy groups -OCH3 is 3. The maximum absolute atomic E-state index is 5.55. The number of benzene rings is 1. The number of halogens is 1. The molecule has 0 saturated carbocycles. The number of rotatable bonds is 12. The summed E-state index contributed by atoms with van der Waals surface area (Å²) in [6.07, 6.45) is 1.06. The molecule has 1 rings (SSSR count). The molecule has 0 aromatic heterocycles. The molecule has 0 spiro atoms. The highest BCUT2D eigenvalue weighted by Gasteiger charge is 2.16. The van der Waals surface area contributed by atoms with E-state index in [9.17, 15) is 0 Å². The van der Waals surface area contributed by atoms with Crippen molar-refractivity contribution in [2.45, 2.75) is 59.7 Å². The number of hydrogen-bond acceptors (Lipinski definition) is 5. The van der Waals surface area contributed by atoms with Gasteiger partial charge in [-0.05, 0) is 53.2 Å². The van der Waals surface area contributed by atoms with E-state index in [4.69, 9.17) is 19.2 Å². The van der Waals surface area contributed by atoms with Crippen LogP contribution in [0.4, 0.5) is 0 Å². The molecule has 1 aromatic rings. The Balaban J connectivity index is 0.00000841. The quantitative estimate of drug-likeness (QED) is 0.183. The molecule has 7 nitrogen and oxygen atoms in total. The Bertz CT molecular complexity index is 631. The zero-order valence-corrected chi connectivity index (χ0v) is 22.2. The second-order valence-corrected chi connectivity index (χ2v) is 7.39. The average Bonchev–Trinajstić information content (AvgIpc) is 2.70. The highest BCUT2D eigenvalue weighted by molar-refractivity contribution is 14.0. The highest BCUT2D eigenvalue weighted by atomic mass is 127. The van der Waals surface area contributed by atoms with Crippen LogP contribution < -0.4 is 24.8 Å². The summed E-state index contributed by atoms with van der Waals surface area (Å²) in [5.41, 5.74) is 0.938. The van der Waals surface area contributed by atoms with Crippen LogP contribution in [0.3, 0.4) is 0 Å². The summed E-state index contributed by atoms with van der Waals surface area (Å²) in [5.74, 6) is 2.67. The van der Waals surface area contributed by atoms with Gasteiger partial charge in [0.1, 0.15) is 0 Å². The van der Waals surface area contributed by atoms with Crippen molar-refractivity contribution < 1.29 is 14.2 Å². The fraction of sp³-hybridized carbons (Fsp3) is 0.682. The number of hydrogen-bond donors (Lipinski definition) is 2. The van der Waals surface area contributed by atoms with Gasteiger partial charge < -0.3 is 24.8 Å². The molecular formula is C22H41IN4O3. The van der Waals surface area contributed by atoms with Crippen molar-refractivity contribution in [2.24, 2.45) is 4.99 Å². The summed E-state index contributed by atoms with van der Waals surface area (Å²) < 4.78 is 16.4. The van der Waals surface area contributed by atoms with Gasteiger partial charge in [-0.3, -0.25) is 4.90 Å². The van der Waals surface area contributed by atoms with Gasteiger partial charge >= 0.3 is 0 Å². The minimum absolute atomic E-state index is 0. The summed E-state index contributed by atoms with van der Waals surface area (Å²) in [4.78, 5) is 7.21. The molecule has 0 amide bonds. The lowest BCUT2D eigenvalue weighted by molar-refractivity contribution is 0.173. The monoisotopic (exact) mass is 536 g/mol. The van der Waals surface area contributed by atoms with E-state index in [0.29, 0.717) is 35.9 Å². The first-order chi connectivity index (χ1) is 13.9. The molecule has 0 radical (unpaired) electrons. The number of nitrogens with zero attached hydrogens (tertiary/aromatic N) is 2. The van der Waals surface area contributed by atoms with Gasteiger partial charge in [-0.2, -0.15) is 0 Å². The van der Waals surface area contributed by atoms with E-state index in [0.717, 1.165) is 37.6 Å². The zero-order valence-electron chi connectivity index (χ0n) is 19.9. The second kappa shape index (κ2) is 15.4. The Labute approximate surface area is 200 Å². The topological polar surface area (TPSA) is 67.4 Å². The van der Waals surface area contributed by atoms with Crippen LogP contribution in [0.5, 0.6) is 17.2 Å². The first-order valence-electron chi connectivity index (χ1n) is 10.4. The van der Waals surface area contributed by atoms with Crippen molar-refractivity contribution in [2.75, 3.05) is 41.0 Å². The Morgan fingerprint density at radius 3 is 2.10 bits per heavy atom. The largest absolute Gasteiger partial charge is 0.493 e. The normalized spacial score (nSPS) is 11.5. The van der Waals surface area contributed by atoms with E-state index in [2.05, 4.69) is 50.2 Å². The standard InChI is InChI=1S/C22H40N4O3.HI/c1-9-23-22(24-13-10-14-26(16(2)3)17(4)5)25-15-18-11-12-19(27-6)21(29-8)20(18)28-7;/h11-12,16-17H,9-10,13-15H2,1-8H3,(H2,23,24,25);1H. The Morgan fingerprint density at radius 2 is 1.60 bits per heavy atom. The van der Waals surface area contributed by atoms with E-state index in [1.165, 1.54) is 0 Å². The Hall–Kier alpha value is -1.42. The minimum Gasteiger partial charge on any atom is -0.493 e. The zero-order chi connectivity index (χ0) is 21.8. The van der Waals surface area contributed by atoms with Crippen molar-refractivity contribution in [1.82, 2.24) is 15.5 Å².